The third kappa shape index (κ3) is 9.14. The summed E-state index contributed by atoms with van der Waals surface area (Å²) in [6.07, 6.45) is 7.29. The Kier molecular flexibility index (Phi) is 11.5. The van der Waals surface area contributed by atoms with E-state index in [1.54, 1.807) is 41.3 Å². The lowest BCUT2D eigenvalue weighted by atomic mass is 9.95. The number of carbonyl (C=O) groups excluding carboxylic acids is 2. The molecule has 0 spiro atoms. The highest BCUT2D eigenvalue weighted by atomic mass is 35.5. The van der Waals surface area contributed by atoms with Crippen molar-refractivity contribution in [3.63, 3.8) is 0 Å². The lowest BCUT2D eigenvalue weighted by Gasteiger charge is -2.33. The van der Waals surface area contributed by atoms with Crippen molar-refractivity contribution < 1.29 is 22.7 Å². The Labute approximate surface area is 237 Å². The molecule has 214 valence electrons. The van der Waals surface area contributed by atoms with Crippen LogP contribution < -0.4 is 14.4 Å². The average molecular weight is 578 g/mol. The predicted molar refractivity (Wildman–Crippen MR) is 156 cm³/mol. The molecular formula is C29H40ClN3O5S. The van der Waals surface area contributed by atoms with E-state index in [1.807, 2.05) is 19.1 Å². The van der Waals surface area contributed by atoms with Gasteiger partial charge in [-0.3, -0.25) is 13.9 Å². The van der Waals surface area contributed by atoms with Crippen LogP contribution in [-0.2, 0) is 26.2 Å². The summed E-state index contributed by atoms with van der Waals surface area (Å²) >= 11 is 6.06. The molecule has 1 atom stereocenters. The van der Waals surface area contributed by atoms with Crippen molar-refractivity contribution in [1.29, 1.82) is 0 Å². The zero-order valence-corrected chi connectivity index (χ0v) is 24.6. The highest BCUT2D eigenvalue weighted by Gasteiger charge is 2.30. The molecule has 1 unspecified atom stereocenters. The van der Waals surface area contributed by atoms with Crippen molar-refractivity contribution in [3.05, 3.63) is 59.1 Å². The molecule has 0 radical (unpaired) electrons. The summed E-state index contributed by atoms with van der Waals surface area (Å²) in [6, 6.07) is 13.6. The fraction of sp³-hybridized carbons (Fsp3) is 0.517. The Balaban J connectivity index is 1.75. The van der Waals surface area contributed by atoms with Gasteiger partial charge in [-0.05, 0) is 55.5 Å². The van der Waals surface area contributed by atoms with Gasteiger partial charge in [0.1, 0.15) is 11.8 Å². The Hall–Kier alpha value is -2.78. The normalized spacial score (nSPS) is 14.9. The first-order valence-corrected chi connectivity index (χ1v) is 15.8. The first-order valence-electron chi connectivity index (χ1n) is 13.6. The van der Waals surface area contributed by atoms with Gasteiger partial charge in [0.15, 0.2) is 0 Å². The van der Waals surface area contributed by atoms with Gasteiger partial charge in [0.2, 0.25) is 21.8 Å². The molecule has 0 saturated heterocycles. The van der Waals surface area contributed by atoms with E-state index < -0.39 is 16.1 Å². The summed E-state index contributed by atoms with van der Waals surface area (Å²) in [5, 5.41) is 3.77. The third-order valence-corrected chi connectivity index (χ3v) is 8.54. The van der Waals surface area contributed by atoms with Gasteiger partial charge in [-0.2, -0.15) is 0 Å². The molecule has 10 heteroatoms. The zero-order chi connectivity index (χ0) is 28.4. The molecule has 0 aromatic heterocycles. The Bertz CT molecular complexity index is 1200. The van der Waals surface area contributed by atoms with Crippen LogP contribution in [0, 0.1) is 0 Å². The van der Waals surface area contributed by atoms with Crippen LogP contribution >= 0.6 is 11.6 Å². The minimum atomic E-state index is -3.59. The third-order valence-electron chi connectivity index (χ3n) is 7.10. The number of benzene rings is 2. The van der Waals surface area contributed by atoms with Crippen LogP contribution in [0.1, 0.15) is 63.9 Å². The van der Waals surface area contributed by atoms with Gasteiger partial charge in [0, 0.05) is 36.6 Å². The maximum atomic E-state index is 13.6. The molecular weight excluding hydrogens is 538 g/mol. The molecule has 1 aliphatic carbocycles. The van der Waals surface area contributed by atoms with Crippen molar-refractivity contribution in [2.75, 3.05) is 24.2 Å². The van der Waals surface area contributed by atoms with Crippen LogP contribution in [0.4, 0.5) is 5.69 Å². The zero-order valence-electron chi connectivity index (χ0n) is 23.1. The molecule has 0 heterocycles. The molecule has 0 aliphatic heterocycles. The summed E-state index contributed by atoms with van der Waals surface area (Å²) in [4.78, 5) is 28.6. The molecule has 3 rings (SSSR count). The number of sulfonamides is 1. The van der Waals surface area contributed by atoms with Crippen LogP contribution in [0.25, 0.3) is 0 Å². The maximum Gasteiger partial charge on any atom is 0.243 e. The number of rotatable bonds is 13. The van der Waals surface area contributed by atoms with Gasteiger partial charge in [0.05, 0.1) is 19.1 Å². The number of hydrogen-bond donors (Lipinski definition) is 1. The summed E-state index contributed by atoms with van der Waals surface area (Å²) in [6.45, 7) is 2.29. The van der Waals surface area contributed by atoms with Crippen molar-refractivity contribution in [2.45, 2.75) is 76.9 Å². The van der Waals surface area contributed by atoms with Gasteiger partial charge < -0.3 is 15.0 Å². The minimum absolute atomic E-state index is 0.0940. The largest absolute Gasteiger partial charge is 0.497 e. The van der Waals surface area contributed by atoms with Crippen molar-refractivity contribution in [2.24, 2.45) is 0 Å². The number of nitrogens with zero attached hydrogens (tertiary/aromatic N) is 2. The van der Waals surface area contributed by atoms with E-state index in [9.17, 15) is 18.0 Å². The monoisotopic (exact) mass is 577 g/mol. The molecule has 2 amide bonds. The smallest absolute Gasteiger partial charge is 0.243 e. The SMILES string of the molecule is CCC(C(=O)NC1CCCCC1)N(Cc1ccc(Cl)cc1)C(=O)CCCN(c1cccc(OC)c1)S(C)(=O)=O. The Morgan fingerprint density at radius 3 is 2.41 bits per heavy atom. The lowest BCUT2D eigenvalue weighted by molar-refractivity contribution is -0.141. The van der Waals surface area contributed by atoms with Gasteiger partial charge in [-0.15, -0.1) is 0 Å². The van der Waals surface area contributed by atoms with Crippen LogP contribution in [0.2, 0.25) is 5.02 Å². The first-order chi connectivity index (χ1) is 18.6. The van der Waals surface area contributed by atoms with Crippen LogP contribution in [-0.4, -0.2) is 57.1 Å². The average Bonchev–Trinajstić information content (AvgIpc) is 2.91. The highest BCUT2D eigenvalue weighted by Crippen LogP contribution is 2.24. The first kappa shape index (κ1) is 30.8. The van der Waals surface area contributed by atoms with Crippen molar-refractivity contribution in [1.82, 2.24) is 10.2 Å². The second kappa shape index (κ2) is 14.6. The standard InChI is InChI=1S/C29H40ClN3O5S/c1-4-27(29(35)31-24-10-6-5-7-11-24)32(21-22-15-17-23(30)18-16-22)28(34)14-9-19-33(39(3,36)37)25-12-8-13-26(20-25)38-2/h8,12-13,15-18,20,24,27H,4-7,9-11,14,19,21H2,1-3H3,(H,31,35). The quantitative estimate of drug-likeness (QED) is 0.355. The molecule has 8 nitrogen and oxygen atoms in total. The van der Waals surface area contributed by atoms with E-state index in [1.165, 1.54) is 17.8 Å². The number of anilines is 1. The number of hydrogen-bond acceptors (Lipinski definition) is 5. The molecule has 0 bridgehead atoms. The fourth-order valence-electron chi connectivity index (χ4n) is 5.02. The topological polar surface area (TPSA) is 96.0 Å². The minimum Gasteiger partial charge on any atom is -0.497 e. The van der Waals surface area contributed by atoms with E-state index >= 15 is 0 Å². The molecule has 1 fully saturated rings. The van der Waals surface area contributed by atoms with E-state index in [2.05, 4.69) is 5.32 Å². The van der Waals surface area contributed by atoms with Crippen LogP contribution in [0.15, 0.2) is 48.5 Å². The lowest BCUT2D eigenvalue weighted by Crippen LogP contribution is -2.51. The van der Waals surface area contributed by atoms with E-state index in [0.717, 1.165) is 37.5 Å². The summed E-state index contributed by atoms with van der Waals surface area (Å²) in [7, 11) is -2.07. The van der Waals surface area contributed by atoms with Crippen LogP contribution in [0.3, 0.4) is 0 Å². The summed E-state index contributed by atoms with van der Waals surface area (Å²) < 4.78 is 31.7. The maximum absolute atomic E-state index is 13.6. The number of amides is 2. The van der Waals surface area contributed by atoms with Crippen molar-refractivity contribution >= 4 is 39.1 Å². The Morgan fingerprint density at radius 1 is 1.10 bits per heavy atom. The van der Waals surface area contributed by atoms with Gasteiger partial charge in [0.25, 0.3) is 0 Å². The molecule has 1 saturated carbocycles. The molecule has 39 heavy (non-hydrogen) atoms. The molecule has 2 aromatic carbocycles. The van der Waals surface area contributed by atoms with E-state index in [4.69, 9.17) is 16.3 Å². The number of halogens is 1. The van der Waals surface area contributed by atoms with Gasteiger partial charge in [-0.1, -0.05) is 56.0 Å². The predicted octanol–water partition coefficient (Wildman–Crippen LogP) is 5.15. The summed E-state index contributed by atoms with van der Waals surface area (Å²) in [5.41, 5.74) is 1.34. The highest BCUT2D eigenvalue weighted by molar-refractivity contribution is 7.92. The molecule has 1 aliphatic rings. The van der Waals surface area contributed by atoms with E-state index in [-0.39, 0.29) is 37.4 Å². The van der Waals surface area contributed by atoms with E-state index in [0.29, 0.717) is 29.3 Å². The number of methoxy groups -OCH3 is 1. The van der Waals surface area contributed by atoms with Crippen LogP contribution in [0.5, 0.6) is 5.75 Å². The van der Waals surface area contributed by atoms with Gasteiger partial charge >= 0.3 is 0 Å². The number of nitrogens with one attached hydrogen (secondary N) is 1. The number of ether oxygens (including phenoxy) is 1. The number of carbonyl (C=O) groups is 2. The second-order valence-corrected chi connectivity index (χ2v) is 12.4. The van der Waals surface area contributed by atoms with Crippen molar-refractivity contribution in [3.8, 4) is 5.75 Å². The second-order valence-electron chi connectivity index (χ2n) is 10.1. The molecule has 1 N–H and O–H groups in total. The van der Waals surface area contributed by atoms with Gasteiger partial charge in [-0.25, -0.2) is 8.42 Å². The summed E-state index contributed by atoms with van der Waals surface area (Å²) in [5.74, 6) is 0.205. The fourth-order valence-corrected chi connectivity index (χ4v) is 6.10. The molecule has 2 aromatic rings. The Morgan fingerprint density at radius 2 is 1.79 bits per heavy atom.